The molecule has 0 fully saturated rings. The molecule has 0 spiro atoms. The Morgan fingerprint density at radius 1 is 1.46 bits per heavy atom. The highest BCUT2D eigenvalue weighted by Crippen LogP contribution is 2.21. The summed E-state index contributed by atoms with van der Waals surface area (Å²) in [6.07, 6.45) is 1.87. The van der Waals surface area contributed by atoms with Crippen LogP contribution in [0.15, 0.2) is 4.42 Å². The van der Waals surface area contributed by atoms with Crippen molar-refractivity contribution in [2.24, 2.45) is 5.73 Å². The van der Waals surface area contributed by atoms with Gasteiger partial charge in [-0.15, -0.1) is 0 Å². The zero-order valence-corrected chi connectivity index (χ0v) is 6.87. The number of rotatable bonds is 1. The van der Waals surface area contributed by atoms with Crippen molar-refractivity contribution in [2.45, 2.75) is 19.3 Å². The SMILES string of the molecule is NC(=O)c1nc2c(o1)CCCC2=O. The highest BCUT2D eigenvalue weighted by molar-refractivity contribution is 5.97. The van der Waals surface area contributed by atoms with Crippen LogP contribution in [-0.4, -0.2) is 16.7 Å². The van der Waals surface area contributed by atoms with E-state index < -0.39 is 5.91 Å². The topological polar surface area (TPSA) is 86.2 Å². The smallest absolute Gasteiger partial charge is 0.304 e. The lowest BCUT2D eigenvalue weighted by Gasteiger charge is -2.04. The van der Waals surface area contributed by atoms with E-state index in [1.165, 1.54) is 0 Å². The zero-order chi connectivity index (χ0) is 9.42. The van der Waals surface area contributed by atoms with E-state index in [2.05, 4.69) is 4.98 Å². The molecule has 13 heavy (non-hydrogen) atoms. The predicted molar refractivity (Wildman–Crippen MR) is 42.3 cm³/mol. The molecule has 1 heterocycles. The number of carbonyl (C=O) groups excluding carboxylic acids is 2. The predicted octanol–water partition coefficient (Wildman–Crippen LogP) is 0.293. The van der Waals surface area contributed by atoms with Crippen molar-refractivity contribution in [3.05, 3.63) is 17.3 Å². The van der Waals surface area contributed by atoms with E-state index in [0.29, 0.717) is 18.6 Å². The maximum Gasteiger partial charge on any atom is 0.304 e. The molecule has 0 unspecified atom stereocenters. The van der Waals surface area contributed by atoms with E-state index >= 15 is 0 Å². The lowest BCUT2D eigenvalue weighted by Crippen LogP contribution is -2.12. The van der Waals surface area contributed by atoms with Crippen LogP contribution in [0.25, 0.3) is 0 Å². The number of aryl methyl sites for hydroxylation is 1. The van der Waals surface area contributed by atoms with Crippen molar-refractivity contribution in [3.8, 4) is 0 Å². The van der Waals surface area contributed by atoms with Gasteiger partial charge in [0.1, 0.15) is 11.5 Å². The number of carbonyl (C=O) groups is 2. The number of ketones is 1. The Morgan fingerprint density at radius 2 is 2.23 bits per heavy atom. The van der Waals surface area contributed by atoms with Crippen molar-refractivity contribution in [1.82, 2.24) is 4.98 Å². The Bertz CT molecular complexity index is 381. The summed E-state index contributed by atoms with van der Waals surface area (Å²) in [5.74, 6) is -0.481. The van der Waals surface area contributed by atoms with E-state index in [1.54, 1.807) is 0 Å². The maximum absolute atomic E-state index is 11.2. The van der Waals surface area contributed by atoms with Gasteiger partial charge in [-0.25, -0.2) is 4.98 Å². The molecule has 0 saturated carbocycles. The molecule has 0 bridgehead atoms. The number of amides is 1. The highest BCUT2D eigenvalue weighted by atomic mass is 16.4. The Morgan fingerprint density at radius 3 is 2.85 bits per heavy atom. The third-order valence-corrected chi connectivity index (χ3v) is 1.98. The van der Waals surface area contributed by atoms with E-state index in [4.69, 9.17) is 10.2 Å². The molecule has 0 aliphatic heterocycles. The Hall–Kier alpha value is -1.65. The van der Waals surface area contributed by atoms with Crippen LogP contribution >= 0.6 is 0 Å². The number of primary amides is 1. The molecule has 1 aromatic rings. The number of hydrogen-bond donors (Lipinski definition) is 1. The van der Waals surface area contributed by atoms with Gasteiger partial charge in [-0.05, 0) is 6.42 Å². The molecular weight excluding hydrogens is 172 g/mol. The lowest BCUT2D eigenvalue weighted by molar-refractivity contribution is 0.0956. The van der Waals surface area contributed by atoms with E-state index in [1.807, 2.05) is 0 Å². The van der Waals surface area contributed by atoms with Gasteiger partial charge < -0.3 is 10.2 Å². The molecule has 1 aliphatic rings. The monoisotopic (exact) mass is 180 g/mol. The lowest BCUT2D eigenvalue weighted by atomic mass is 10.0. The number of Topliss-reactive ketones (excluding diaryl/α,β-unsaturated/α-hetero) is 1. The summed E-state index contributed by atoms with van der Waals surface area (Å²) in [6.45, 7) is 0. The first-order valence-corrected chi connectivity index (χ1v) is 4.01. The van der Waals surface area contributed by atoms with Gasteiger partial charge in [-0.1, -0.05) is 0 Å². The van der Waals surface area contributed by atoms with Crippen LogP contribution in [0.2, 0.25) is 0 Å². The number of nitrogens with zero attached hydrogens (tertiary/aromatic N) is 1. The number of oxazole rings is 1. The summed E-state index contributed by atoms with van der Waals surface area (Å²) >= 11 is 0. The first-order valence-electron chi connectivity index (χ1n) is 4.01. The second-order valence-corrected chi connectivity index (χ2v) is 2.93. The molecule has 1 amide bonds. The molecule has 0 atom stereocenters. The average molecular weight is 180 g/mol. The normalized spacial score (nSPS) is 15.5. The maximum atomic E-state index is 11.2. The Labute approximate surface area is 73.9 Å². The molecule has 0 radical (unpaired) electrons. The summed E-state index contributed by atoms with van der Waals surface area (Å²) in [7, 11) is 0. The molecule has 5 nitrogen and oxygen atoms in total. The third-order valence-electron chi connectivity index (χ3n) is 1.98. The van der Waals surface area contributed by atoms with Gasteiger partial charge in [0.05, 0.1) is 0 Å². The van der Waals surface area contributed by atoms with Crippen molar-refractivity contribution >= 4 is 11.7 Å². The van der Waals surface area contributed by atoms with Gasteiger partial charge in [0.25, 0.3) is 5.89 Å². The van der Waals surface area contributed by atoms with E-state index in [-0.39, 0.29) is 17.4 Å². The molecule has 68 valence electrons. The second-order valence-electron chi connectivity index (χ2n) is 2.93. The fourth-order valence-corrected chi connectivity index (χ4v) is 1.37. The van der Waals surface area contributed by atoms with Gasteiger partial charge in [-0.3, -0.25) is 9.59 Å². The molecule has 0 aromatic carbocycles. The quantitative estimate of drug-likeness (QED) is 0.673. The summed E-state index contributed by atoms with van der Waals surface area (Å²) in [5, 5.41) is 0. The molecule has 2 N–H and O–H groups in total. The summed E-state index contributed by atoms with van der Waals surface area (Å²) in [4.78, 5) is 25.7. The standard InChI is InChI=1S/C8H8N2O3/c9-7(12)8-10-6-4(11)2-1-3-5(6)13-8/h1-3H2,(H2,9,12). The van der Waals surface area contributed by atoms with Gasteiger partial charge in [0, 0.05) is 12.8 Å². The Balaban J connectivity index is 2.48. The molecule has 2 rings (SSSR count). The first kappa shape index (κ1) is 7.97. The average Bonchev–Trinajstić information content (AvgIpc) is 2.49. The fourth-order valence-electron chi connectivity index (χ4n) is 1.37. The van der Waals surface area contributed by atoms with Crippen molar-refractivity contribution in [2.75, 3.05) is 0 Å². The van der Waals surface area contributed by atoms with Crippen molar-refractivity contribution in [3.63, 3.8) is 0 Å². The molecule has 1 aliphatic carbocycles. The number of fused-ring (bicyclic) bond motifs is 1. The molecule has 5 heteroatoms. The zero-order valence-electron chi connectivity index (χ0n) is 6.87. The van der Waals surface area contributed by atoms with E-state index in [9.17, 15) is 9.59 Å². The van der Waals surface area contributed by atoms with Crippen LogP contribution in [0.4, 0.5) is 0 Å². The fraction of sp³-hybridized carbons (Fsp3) is 0.375. The van der Waals surface area contributed by atoms with Crippen LogP contribution in [0.3, 0.4) is 0 Å². The summed E-state index contributed by atoms with van der Waals surface area (Å²) < 4.78 is 5.03. The second kappa shape index (κ2) is 2.69. The van der Waals surface area contributed by atoms with Crippen LogP contribution in [0.5, 0.6) is 0 Å². The molecule has 0 saturated heterocycles. The number of nitrogens with two attached hydrogens (primary N) is 1. The summed E-state index contributed by atoms with van der Waals surface area (Å²) in [5.41, 5.74) is 5.24. The molecule has 1 aromatic heterocycles. The number of hydrogen-bond acceptors (Lipinski definition) is 4. The largest absolute Gasteiger partial charge is 0.437 e. The number of aromatic nitrogens is 1. The first-order chi connectivity index (χ1) is 6.18. The minimum atomic E-state index is -0.734. The highest BCUT2D eigenvalue weighted by Gasteiger charge is 2.25. The van der Waals surface area contributed by atoms with Gasteiger partial charge in [-0.2, -0.15) is 0 Å². The van der Waals surface area contributed by atoms with Crippen molar-refractivity contribution in [1.29, 1.82) is 0 Å². The third kappa shape index (κ3) is 1.22. The van der Waals surface area contributed by atoms with Crippen LogP contribution in [-0.2, 0) is 6.42 Å². The van der Waals surface area contributed by atoms with Gasteiger partial charge in [0.15, 0.2) is 5.78 Å². The van der Waals surface area contributed by atoms with Crippen molar-refractivity contribution < 1.29 is 14.0 Å². The minimum Gasteiger partial charge on any atom is -0.437 e. The summed E-state index contributed by atoms with van der Waals surface area (Å²) in [6, 6.07) is 0. The van der Waals surface area contributed by atoms with Crippen LogP contribution in [0.1, 0.15) is 39.8 Å². The van der Waals surface area contributed by atoms with Gasteiger partial charge in [0.2, 0.25) is 0 Å². The Kier molecular flexibility index (Phi) is 1.65. The van der Waals surface area contributed by atoms with Crippen LogP contribution in [0, 0.1) is 0 Å². The van der Waals surface area contributed by atoms with Crippen LogP contribution < -0.4 is 5.73 Å². The molecular formula is C8H8N2O3. The van der Waals surface area contributed by atoms with E-state index in [0.717, 1.165) is 6.42 Å². The van der Waals surface area contributed by atoms with Gasteiger partial charge >= 0.3 is 5.91 Å². The minimum absolute atomic E-state index is 0.0718.